The quantitative estimate of drug-likeness (QED) is 0.812. The first kappa shape index (κ1) is 12.5. The number of benzene rings is 1. The third kappa shape index (κ3) is 3.05. The molecule has 4 heteroatoms. The molecule has 3 nitrogen and oxygen atoms in total. The van der Waals surface area contributed by atoms with Crippen molar-refractivity contribution < 1.29 is 4.74 Å². The Hall–Kier alpha value is -0.930. The van der Waals surface area contributed by atoms with Gasteiger partial charge < -0.3 is 15.8 Å². The molecule has 1 heterocycles. The van der Waals surface area contributed by atoms with Crippen molar-refractivity contribution in [3.05, 3.63) is 23.2 Å². The zero-order valence-electron chi connectivity index (χ0n) is 10.1. The summed E-state index contributed by atoms with van der Waals surface area (Å²) < 4.78 is 5.66. The van der Waals surface area contributed by atoms with Gasteiger partial charge in [0.2, 0.25) is 0 Å². The van der Waals surface area contributed by atoms with E-state index in [-0.39, 0.29) is 0 Å². The van der Waals surface area contributed by atoms with Gasteiger partial charge in [0.1, 0.15) is 0 Å². The smallest absolute Gasteiger partial charge is 0.0657 e. The minimum atomic E-state index is 0.384. The van der Waals surface area contributed by atoms with Crippen LogP contribution in [-0.4, -0.2) is 19.3 Å². The number of nitrogens with one attached hydrogen (secondary N) is 1. The van der Waals surface area contributed by atoms with Crippen molar-refractivity contribution in [2.45, 2.75) is 25.9 Å². The van der Waals surface area contributed by atoms with E-state index < -0.39 is 0 Å². The second kappa shape index (κ2) is 5.61. The van der Waals surface area contributed by atoms with E-state index in [1.54, 1.807) is 6.07 Å². The molecule has 94 valence electrons. The number of halogens is 1. The van der Waals surface area contributed by atoms with Crippen molar-refractivity contribution in [2.24, 2.45) is 5.92 Å². The summed E-state index contributed by atoms with van der Waals surface area (Å²) in [7, 11) is 0. The summed E-state index contributed by atoms with van der Waals surface area (Å²) in [5.41, 5.74) is 7.29. The molecule has 2 atom stereocenters. The number of nitrogen functional groups attached to an aromatic ring is 1. The van der Waals surface area contributed by atoms with Crippen molar-refractivity contribution in [1.82, 2.24) is 0 Å². The number of nitrogens with two attached hydrogens (primary N) is 1. The average Bonchev–Trinajstić information content (AvgIpc) is 2.75. The number of ether oxygens (including phenoxy) is 1. The zero-order chi connectivity index (χ0) is 12.3. The second-order valence-corrected chi connectivity index (χ2v) is 4.89. The molecular formula is C13H19ClN2O. The standard InChI is InChI=1S/C13H19ClN2O/c1-2-13-9(5-6-17-13)8-16-12-4-3-10(15)7-11(12)14/h3-4,7,9,13,16H,2,5-6,8,15H2,1H3. The molecule has 0 saturated carbocycles. The van der Waals surface area contributed by atoms with E-state index in [0.717, 1.165) is 31.7 Å². The topological polar surface area (TPSA) is 47.3 Å². The van der Waals surface area contributed by atoms with Crippen molar-refractivity contribution in [3.8, 4) is 0 Å². The van der Waals surface area contributed by atoms with E-state index in [4.69, 9.17) is 22.1 Å². The number of anilines is 2. The summed E-state index contributed by atoms with van der Waals surface area (Å²) in [6.45, 7) is 3.95. The van der Waals surface area contributed by atoms with Gasteiger partial charge in [-0.2, -0.15) is 0 Å². The largest absolute Gasteiger partial charge is 0.399 e. The Kier molecular flexibility index (Phi) is 4.13. The van der Waals surface area contributed by atoms with Crippen LogP contribution in [0.5, 0.6) is 0 Å². The molecule has 0 radical (unpaired) electrons. The van der Waals surface area contributed by atoms with Crippen molar-refractivity contribution in [1.29, 1.82) is 0 Å². The molecule has 0 aliphatic carbocycles. The molecule has 1 aliphatic heterocycles. The highest BCUT2D eigenvalue weighted by atomic mass is 35.5. The monoisotopic (exact) mass is 254 g/mol. The second-order valence-electron chi connectivity index (χ2n) is 4.49. The van der Waals surface area contributed by atoms with Crippen LogP contribution in [0.25, 0.3) is 0 Å². The normalized spacial score (nSPS) is 23.9. The number of rotatable bonds is 4. The minimum absolute atomic E-state index is 0.384. The fourth-order valence-electron chi connectivity index (χ4n) is 2.29. The fourth-order valence-corrected chi connectivity index (χ4v) is 2.55. The Bertz CT molecular complexity index is 384. The zero-order valence-corrected chi connectivity index (χ0v) is 10.8. The molecule has 1 aromatic rings. The first-order valence-corrected chi connectivity index (χ1v) is 6.49. The predicted octanol–water partition coefficient (Wildman–Crippen LogP) is 3.15. The van der Waals surface area contributed by atoms with Gasteiger partial charge in [0.05, 0.1) is 16.8 Å². The lowest BCUT2D eigenvalue weighted by Gasteiger charge is -2.18. The molecule has 2 rings (SSSR count). The molecule has 17 heavy (non-hydrogen) atoms. The Morgan fingerprint density at radius 2 is 2.35 bits per heavy atom. The minimum Gasteiger partial charge on any atom is -0.399 e. The average molecular weight is 255 g/mol. The Morgan fingerprint density at radius 1 is 1.53 bits per heavy atom. The van der Waals surface area contributed by atoms with Gasteiger partial charge in [0.15, 0.2) is 0 Å². The Balaban J connectivity index is 1.93. The molecule has 0 spiro atoms. The van der Waals surface area contributed by atoms with Gasteiger partial charge in [-0.1, -0.05) is 18.5 Å². The summed E-state index contributed by atoms with van der Waals surface area (Å²) in [4.78, 5) is 0. The van der Waals surface area contributed by atoms with Gasteiger partial charge in [-0.15, -0.1) is 0 Å². The van der Waals surface area contributed by atoms with Crippen molar-refractivity contribution in [3.63, 3.8) is 0 Å². The summed E-state index contributed by atoms with van der Waals surface area (Å²) >= 11 is 6.11. The van der Waals surface area contributed by atoms with E-state index in [2.05, 4.69) is 12.2 Å². The fraction of sp³-hybridized carbons (Fsp3) is 0.538. The van der Waals surface area contributed by atoms with Crippen LogP contribution in [0.1, 0.15) is 19.8 Å². The van der Waals surface area contributed by atoms with Gasteiger partial charge in [-0.05, 0) is 31.0 Å². The van der Waals surface area contributed by atoms with Crippen LogP contribution in [0.15, 0.2) is 18.2 Å². The molecule has 0 bridgehead atoms. The van der Waals surface area contributed by atoms with E-state index >= 15 is 0 Å². The maximum Gasteiger partial charge on any atom is 0.0657 e. The van der Waals surface area contributed by atoms with E-state index in [0.29, 0.717) is 22.7 Å². The van der Waals surface area contributed by atoms with Crippen LogP contribution < -0.4 is 11.1 Å². The van der Waals surface area contributed by atoms with E-state index in [9.17, 15) is 0 Å². The third-order valence-corrected chi connectivity index (χ3v) is 3.61. The SMILES string of the molecule is CCC1OCCC1CNc1ccc(N)cc1Cl. The number of hydrogen-bond donors (Lipinski definition) is 2. The summed E-state index contributed by atoms with van der Waals surface area (Å²) in [6.07, 6.45) is 2.58. The first-order valence-electron chi connectivity index (χ1n) is 6.11. The molecule has 0 aromatic heterocycles. The predicted molar refractivity (Wildman–Crippen MR) is 72.5 cm³/mol. The molecule has 3 N–H and O–H groups in total. The summed E-state index contributed by atoms with van der Waals surface area (Å²) in [6, 6.07) is 5.55. The molecule has 2 unspecified atom stereocenters. The van der Waals surface area contributed by atoms with Gasteiger partial charge >= 0.3 is 0 Å². The van der Waals surface area contributed by atoms with Crippen LogP contribution in [-0.2, 0) is 4.74 Å². The molecule has 0 amide bonds. The van der Waals surface area contributed by atoms with Crippen LogP contribution in [0, 0.1) is 5.92 Å². The molecule has 1 aliphatic rings. The lowest BCUT2D eigenvalue weighted by molar-refractivity contribution is 0.0900. The summed E-state index contributed by atoms with van der Waals surface area (Å²) in [5.74, 6) is 0.577. The van der Waals surface area contributed by atoms with Gasteiger partial charge in [0.25, 0.3) is 0 Å². The Morgan fingerprint density at radius 3 is 3.06 bits per heavy atom. The highest BCUT2D eigenvalue weighted by Gasteiger charge is 2.26. The lowest BCUT2D eigenvalue weighted by atomic mass is 9.99. The molecule has 1 aromatic carbocycles. The molecule has 1 fully saturated rings. The van der Waals surface area contributed by atoms with Crippen LogP contribution in [0.2, 0.25) is 5.02 Å². The van der Waals surface area contributed by atoms with Gasteiger partial charge in [-0.25, -0.2) is 0 Å². The van der Waals surface area contributed by atoms with E-state index in [1.807, 2.05) is 12.1 Å². The first-order chi connectivity index (χ1) is 8.20. The van der Waals surface area contributed by atoms with Crippen LogP contribution in [0.3, 0.4) is 0 Å². The molecular weight excluding hydrogens is 236 g/mol. The van der Waals surface area contributed by atoms with Crippen molar-refractivity contribution >= 4 is 23.0 Å². The maximum absolute atomic E-state index is 6.11. The third-order valence-electron chi connectivity index (χ3n) is 3.30. The van der Waals surface area contributed by atoms with Gasteiger partial charge in [-0.3, -0.25) is 0 Å². The summed E-state index contributed by atoms with van der Waals surface area (Å²) in [5, 5.41) is 4.06. The molecule has 1 saturated heterocycles. The lowest BCUT2D eigenvalue weighted by Crippen LogP contribution is -2.22. The van der Waals surface area contributed by atoms with Crippen LogP contribution in [0.4, 0.5) is 11.4 Å². The maximum atomic E-state index is 6.11. The van der Waals surface area contributed by atoms with Crippen LogP contribution >= 0.6 is 11.6 Å². The highest BCUT2D eigenvalue weighted by Crippen LogP contribution is 2.27. The Labute approximate surface area is 107 Å². The van der Waals surface area contributed by atoms with Gasteiger partial charge in [0, 0.05) is 24.8 Å². The highest BCUT2D eigenvalue weighted by molar-refractivity contribution is 6.33. The number of hydrogen-bond acceptors (Lipinski definition) is 3. The van der Waals surface area contributed by atoms with Crippen molar-refractivity contribution in [2.75, 3.05) is 24.2 Å². The van der Waals surface area contributed by atoms with E-state index in [1.165, 1.54) is 0 Å².